The lowest BCUT2D eigenvalue weighted by Crippen LogP contribution is -2.48. The van der Waals surface area contributed by atoms with Gasteiger partial charge in [0.2, 0.25) is 0 Å². The van der Waals surface area contributed by atoms with Gasteiger partial charge < -0.3 is 4.74 Å². The van der Waals surface area contributed by atoms with Gasteiger partial charge in [0.15, 0.2) is 0 Å². The minimum Gasteiger partial charge on any atom is -0.466 e. The van der Waals surface area contributed by atoms with Crippen molar-refractivity contribution in [3.8, 4) is 0 Å². The lowest BCUT2D eigenvalue weighted by molar-refractivity contribution is -0.149. The van der Waals surface area contributed by atoms with Crippen LogP contribution in [0.2, 0.25) is 0 Å². The van der Waals surface area contributed by atoms with Crippen molar-refractivity contribution in [2.45, 2.75) is 46.1 Å². The second-order valence-corrected chi connectivity index (χ2v) is 8.77. The number of amides is 1. The summed E-state index contributed by atoms with van der Waals surface area (Å²) in [6.07, 6.45) is 3.91. The van der Waals surface area contributed by atoms with Gasteiger partial charge in [-0.1, -0.05) is 18.2 Å². The zero-order chi connectivity index (χ0) is 20.9. The predicted octanol–water partition coefficient (Wildman–Crippen LogP) is 2.98. The highest BCUT2D eigenvalue weighted by Crippen LogP contribution is 2.46. The summed E-state index contributed by atoms with van der Waals surface area (Å²) in [6.45, 7) is 10.3. The molecule has 1 fully saturated rings. The molecular weight excluding hydrogens is 368 g/mol. The molecule has 3 heterocycles. The molecule has 1 aromatic rings. The molecule has 29 heavy (non-hydrogen) atoms. The van der Waals surface area contributed by atoms with E-state index >= 15 is 0 Å². The van der Waals surface area contributed by atoms with E-state index in [9.17, 15) is 14.4 Å². The lowest BCUT2D eigenvalue weighted by Gasteiger charge is -2.40. The monoisotopic (exact) mass is 396 g/mol. The third-order valence-corrected chi connectivity index (χ3v) is 6.20. The van der Waals surface area contributed by atoms with E-state index in [1.54, 1.807) is 4.90 Å². The Morgan fingerprint density at radius 1 is 1.28 bits per heavy atom. The summed E-state index contributed by atoms with van der Waals surface area (Å²) >= 11 is 0. The van der Waals surface area contributed by atoms with Crippen molar-refractivity contribution in [2.24, 2.45) is 5.92 Å². The number of hydrogen-bond donors (Lipinski definition) is 0. The zero-order valence-electron chi connectivity index (χ0n) is 17.6. The van der Waals surface area contributed by atoms with Crippen LogP contribution in [0.1, 0.15) is 55.1 Å². The Morgan fingerprint density at radius 2 is 2.03 bits per heavy atom. The number of hydrogen-bond acceptors (Lipinski definition) is 5. The van der Waals surface area contributed by atoms with Gasteiger partial charge in [-0.25, -0.2) is 0 Å². The van der Waals surface area contributed by atoms with Gasteiger partial charge in [0.1, 0.15) is 0 Å². The molecule has 1 saturated heterocycles. The normalized spacial score (nSPS) is 23.1. The van der Waals surface area contributed by atoms with Gasteiger partial charge in [-0.05, 0) is 58.2 Å². The van der Waals surface area contributed by atoms with Crippen LogP contribution in [0.25, 0.3) is 5.57 Å². The maximum Gasteiger partial charge on any atom is 0.310 e. The number of nitrogens with zero attached hydrogens (tertiary/aromatic N) is 2. The molecule has 3 aliphatic rings. The van der Waals surface area contributed by atoms with Crippen LogP contribution < -0.4 is 4.90 Å². The van der Waals surface area contributed by atoms with Crippen LogP contribution in [0.5, 0.6) is 0 Å². The van der Waals surface area contributed by atoms with Gasteiger partial charge in [-0.2, -0.15) is 0 Å². The molecule has 1 aromatic carbocycles. The molecule has 3 aliphatic heterocycles. The zero-order valence-corrected chi connectivity index (χ0v) is 17.6. The summed E-state index contributed by atoms with van der Waals surface area (Å²) in [5.74, 6) is -1.07. The number of esters is 1. The van der Waals surface area contributed by atoms with Crippen molar-refractivity contribution in [3.63, 3.8) is 0 Å². The first-order valence-electron chi connectivity index (χ1n) is 10.4. The number of carbonyl (C=O) groups is 3. The topological polar surface area (TPSA) is 66.9 Å². The molecule has 0 aliphatic carbocycles. The Hall–Kier alpha value is -2.47. The quantitative estimate of drug-likeness (QED) is 0.578. The number of anilines is 1. The molecule has 0 unspecified atom stereocenters. The van der Waals surface area contributed by atoms with E-state index < -0.39 is 17.2 Å². The maximum atomic E-state index is 12.7. The predicted molar refractivity (Wildman–Crippen MR) is 111 cm³/mol. The standard InChI is InChI=1S/C23H28N2O4/c1-5-29-22(28)15-7-6-10-24(12-15)13-16-11-23(3,4)25-19-17(16)9-8-14(2)18(19)20(26)21(25)27/h8-9,11,15H,5-7,10,12-13H2,1-4H3/t15-/m0/s1. The van der Waals surface area contributed by atoms with Gasteiger partial charge in [0.05, 0.1) is 29.3 Å². The minimum atomic E-state index is -0.579. The van der Waals surface area contributed by atoms with E-state index in [1.807, 2.05) is 39.8 Å². The van der Waals surface area contributed by atoms with E-state index in [4.69, 9.17) is 4.74 Å². The van der Waals surface area contributed by atoms with Crippen LogP contribution in [-0.2, 0) is 14.3 Å². The summed E-state index contributed by atoms with van der Waals surface area (Å²) in [6, 6.07) is 3.94. The van der Waals surface area contributed by atoms with Crippen molar-refractivity contribution in [3.05, 3.63) is 34.9 Å². The molecular formula is C23H28N2O4. The fraction of sp³-hybridized carbons (Fsp3) is 0.522. The van der Waals surface area contributed by atoms with Crippen LogP contribution in [0.4, 0.5) is 5.69 Å². The summed E-state index contributed by atoms with van der Waals surface area (Å²) in [5, 5.41) is 0. The van der Waals surface area contributed by atoms with Crippen molar-refractivity contribution in [1.29, 1.82) is 0 Å². The highest BCUT2D eigenvalue weighted by atomic mass is 16.5. The number of likely N-dealkylation sites (tertiary alicyclic amines) is 1. The first-order chi connectivity index (χ1) is 13.7. The number of ether oxygens (including phenoxy) is 1. The van der Waals surface area contributed by atoms with Gasteiger partial charge in [-0.3, -0.25) is 24.2 Å². The van der Waals surface area contributed by atoms with Gasteiger partial charge in [-0.15, -0.1) is 0 Å². The van der Waals surface area contributed by atoms with Crippen molar-refractivity contribution >= 4 is 28.9 Å². The highest BCUT2D eigenvalue weighted by Gasteiger charge is 2.47. The molecule has 0 aromatic heterocycles. The molecule has 1 amide bonds. The Labute approximate surface area is 171 Å². The summed E-state index contributed by atoms with van der Waals surface area (Å²) in [5.41, 5.74) is 3.60. The number of benzene rings is 1. The average Bonchev–Trinajstić information content (AvgIpc) is 2.94. The second-order valence-electron chi connectivity index (χ2n) is 8.77. The molecule has 0 spiro atoms. The van der Waals surface area contributed by atoms with Crippen LogP contribution in [0.15, 0.2) is 18.2 Å². The first-order valence-corrected chi connectivity index (χ1v) is 10.4. The average molecular weight is 396 g/mol. The van der Waals surface area contributed by atoms with Gasteiger partial charge in [0.25, 0.3) is 11.7 Å². The van der Waals surface area contributed by atoms with E-state index in [0.717, 1.165) is 41.8 Å². The van der Waals surface area contributed by atoms with Crippen molar-refractivity contribution in [2.75, 3.05) is 31.1 Å². The lowest BCUT2D eigenvalue weighted by atomic mass is 9.86. The Kier molecular flexibility index (Phi) is 4.85. The second kappa shape index (κ2) is 7.10. The number of aryl methyl sites for hydroxylation is 1. The van der Waals surface area contributed by atoms with Gasteiger partial charge in [0, 0.05) is 18.7 Å². The SMILES string of the molecule is CCOC(=O)[C@H]1CCCN(CC2=CC(C)(C)N3C(=O)C(=O)c4c(C)ccc2c43)C1. The van der Waals surface area contributed by atoms with Crippen LogP contribution in [-0.4, -0.2) is 54.3 Å². The van der Waals surface area contributed by atoms with E-state index in [2.05, 4.69) is 11.0 Å². The smallest absolute Gasteiger partial charge is 0.310 e. The third-order valence-electron chi connectivity index (χ3n) is 6.20. The molecule has 4 rings (SSSR count). The minimum absolute atomic E-state index is 0.0933. The van der Waals surface area contributed by atoms with E-state index in [0.29, 0.717) is 25.3 Å². The number of ketones is 1. The number of carbonyl (C=O) groups excluding carboxylic acids is 3. The first kappa shape index (κ1) is 19.8. The largest absolute Gasteiger partial charge is 0.466 e. The van der Waals surface area contributed by atoms with Crippen molar-refractivity contribution < 1.29 is 19.1 Å². The Balaban J connectivity index is 1.66. The number of rotatable bonds is 4. The summed E-state index contributed by atoms with van der Waals surface area (Å²) < 4.78 is 5.22. The maximum absolute atomic E-state index is 12.7. The molecule has 0 bridgehead atoms. The molecule has 1 atom stereocenters. The Morgan fingerprint density at radius 3 is 2.76 bits per heavy atom. The summed E-state index contributed by atoms with van der Waals surface area (Å²) in [4.78, 5) is 41.5. The molecule has 0 N–H and O–H groups in total. The number of piperidine rings is 1. The van der Waals surface area contributed by atoms with Crippen LogP contribution in [0.3, 0.4) is 0 Å². The fourth-order valence-electron chi connectivity index (χ4n) is 4.92. The van der Waals surface area contributed by atoms with Gasteiger partial charge >= 0.3 is 5.97 Å². The summed E-state index contributed by atoms with van der Waals surface area (Å²) in [7, 11) is 0. The molecule has 0 radical (unpaired) electrons. The number of Topliss-reactive ketones (excluding diaryl/α,β-unsaturated/α-hetero) is 1. The molecule has 154 valence electrons. The highest BCUT2D eigenvalue weighted by molar-refractivity contribution is 6.53. The van der Waals surface area contributed by atoms with E-state index in [-0.39, 0.29) is 11.9 Å². The molecule has 6 nitrogen and oxygen atoms in total. The third kappa shape index (κ3) is 3.19. The van der Waals surface area contributed by atoms with Crippen molar-refractivity contribution in [1.82, 2.24) is 4.90 Å². The van der Waals surface area contributed by atoms with E-state index in [1.165, 1.54) is 0 Å². The Bertz CT molecular complexity index is 931. The molecule has 0 saturated carbocycles. The molecule has 6 heteroatoms. The van der Waals surface area contributed by atoms with Crippen LogP contribution in [0, 0.1) is 12.8 Å². The van der Waals surface area contributed by atoms with Crippen LogP contribution >= 0.6 is 0 Å². The fourth-order valence-corrected chi connectivity index (χ4v) is 4.92.